The van der Waals surface area contributed by atoms with E-state index in [0.717, 1.165) is 0 Å². The van der Waals surface area contributed by atoms with Crippen molar-refractivity contribution in [3.05, 3.63) is 59.7 Å². The Hall–Kier alpha value is -1.94. The summed E-state index contributed by atoms with van der Waals surface area (Å²) in [6.07, 6.45) is 0. The molecule has 0 bridgehead atoms. The average Bonchev–Trinajstić information content (AvgIpc) is 2.34. The molecule has 0 aliphatic carbocycles. The van der Waals surface area contributed by atoms with Gasteiger partial charge in [0.25, 0.3) is 0 Å². The summed E-state index contributed by atoms with van der Waals surface area (Å²) in [6.45, 7) is 0.345. The van der Waals surface area contributed by atoms with Crippen LogP contribution < -0.4 is 10.1 Å². The smallest absolute Gasteiger partial charge is 0.134 e. The van der Waals surface area contributed by atoms with Crippen molar-refractivity contribution in [2.24, 2.45) is 0 Å². The van der Waals surface area contributed by atoms with E-state index in [4.69, 9.17) is 4.74 Å². The normalized spacial score (nSPS) is 10.4. The molecule has 0 spiro atoms. The van der Waals surface area contributed by atoms with Crippen molar-refractivity contribution in [2.45, 2.75) is 6.54 Å². The SMILES string of the molecule is CNCc1c(F)cccc1Oc1cccc(F)c1. The first-order chi connectivity index (χ1) is 8.70. The number of nitrogens with one attached hydrogen (secondary N) is 1. The topological polar surface area (TPSA) is 21.3 Å². The summed E-state index contributed by atoms with van der Waals surface area (Å²) in [7, 11) is 1.72. The molecule has 2 nitrogen and oxygen atoms in total. The largest absolute Gasteiger partial charge is 0.457 e. The van der Waals surface area contributed by atoms with Crippen molar-refractivity contribution in [1.82, 2.24) is 5.32 Å². The van der Waals surface area contributed by atoms with Crippen LogP contribution in [-0.4, -0.2) is 7.05 Å². The van der Waals surface area contributed by atoms with E-state index >= 15 is 0 Å². The fourth-order valence-corrected chi connectivity index (χ4v) is 1.64. The van der Waals surface area contributed by atoms with Crippen LogP contribution in [-0.2, 0) is 6.54 Å². The molecule has 0 aliphatic heterocycles. The maximum absolute atomic E-state index is 13.6. The van der Waals surface area contributed by atoms with Gasteiger partial charge in [0, 0.05) is 18.2 Å². The first-order valence-electron chi connectivity index (χ1n) is 5.56. The standard InChI is InChI=1S/C14H13F2NO/c1-17-9-12-13(16)6-3-7-14(12)18-11-5-2-4-10(15)8-11/h2-8,17H,9H2,1H3. The lowest BCUT2D eigenvalue weighted by molar-refractivity contribution is 0.460. The summed E-state index contributed by atoms with van der Waals surface area (Å²) in [5, 5.41) is 2.87. The van der Waals surface area contributed by atoms with Crippen molar-refractivity contribution in [3.63, 3.8) is 0 Å². The summed E-state index contributed by atoms with van der Waals surface area (Å²) in [4.78, 5) is 0. The molecular weight excluding hydrogens is 236 g/mol. The maximum Gasteiger partial charge on any atom is 0.134 e. The summed E-state index contributed by atoms with van der Waals surface area (Å²) < 4.78 is 32.2. The molecule has 0 radical (unpaired) electrons. The Balaban J connectivity index is 2.31. The fourth-order valence-electron chi connectivity index (χ4n) is 1.64. The molecular formula is C14H13F2NO. The van der Waals surface area contributed by atoms with E-state index in [2.05, 4.69) is 5.32 Å². The van der Waals surface area contributed by atoms with E-state index in [1.807, 2.05) is 0 Å². The van der Waals surface area contributed by atoms with E-state index in [1.54, 1.807) is 31.3 Å². The number of benzene rings is 2. The van der Waals surface area contributed by atoms with Gasteiger partial charge in [-0.1, -0.05) is 12.1 Å². The van der Waals surface area contributed by atoms with E-state index in [-0.39, 0.29) is 11.6 Å². The zero-order chi connectivity index (χ0) is 13.0. The van der Waals surface area contributed by atoms with Gasteiger partial charge in [-0.05, 0) is 31.3 Å². The van der Waals surface area contributed by atoms with E-state index in [9.17, 15) is 8.78 Å². The Morgan fingerprint density at radius 3 is 2.61 bits per heavy atom. The summed E-state index contributed by atoms with van der Waals surface area (Å²) in [5.41, 5.74) is 0.421. The molecule has 0 aliphatic rings. The first kappa shape index (κ1) is 12.5. The monoisotopic (exact) mass is 249 g/mol. The van der Waals surface area contributed by atoms with Gasteiger partial charge in [0.05, 0.1) is 0 Å². The molecule has 0 fully saturated rings. The Labute approximate surface area is 104 Å². The van der Waals surface area contributed by atoms with Crippen molar-refractivity contribution >= 4 is 0 Å². The molecule has 0 saturated carbocycles. The van der Waals surface area contributed by atoms with Crippen LogP contribution in [0.1, 0.15) is 5.56 Å². The van der Waals surface area contributed by atoms with E-state index in [0.29, 0.717) is 23.6 Å². The highest BCUT2D eigenvalue weighted by atomic mass is 19.1. The molecule has 2 rings (SSSR count). The van der Waals surface area contributed by atoms with Crippen LogP contribution in [0, 0.1) is 11.6 Å². The van der Waals surface area contributed by atoms with Gasteiger partial charge in [0.1, 0.15) is 23.1 Å². The highest BCUT2D eigenvalue weighted by Gasteiger charge is 2.09. The van der Waals surface area contributed by atoms with Crippen molar-refractivity contribution in [1.29, 1.82) is 0 Å². The Bertz CT molecular complexity index is 543. The average molecular weight is 249 g/mol. The van der Waals surface area contributed by atoms with Gasteiger partial charge in [-0.15, -0.1) is 0 Å². The zero-order valence-corrected chi connectivity index (χ0v) is 9.91. The first-order valence-corrected chi connectivity index (χ1v) is 5.56. The third-order valence-corrected chi connectivity index (χ3v) is 2.45. The van der Waals surface area contributed by atoms with Gasteiger partial charge in [-0.3, -0.25) is 0 Å². The lowest BCUT2D eigenvalue weighted by Crippen LogP contribution is -2.08. The van der Waals surface area contributed by atoms with Gasteiger partial charge in [0.2, 0.25) is 0 Å². The molecule has 4 heteroatoms. The molecule has 1 N–H and O–H groups in total. The minimum atomic E-state index is -0.390. The van der Waals surface area contributed by atoms with Crippen LogP contribution in [0.2, 0.25) is 0 Å². The summed E-state index contributed by atoms with van der Waals surface area (Å²) >= 11 is 0. The fraction of sp³-hybridized carbons (Fsp3) is 0.143. The van der Waals surface area contributed by atoms with Crippen LogP contribution in [0.5, 0.6) is 11.5 Å². The summed E-state index contributed by atoms with van der Waals surface area (Å²) in [5.74, 6) is -0.00905. The predicted octanol–water partition coefficient (Wildman–Crippen LogP) is 3.48. The van der Waals surface area contributed by atoms with Gasteiger partial charge in [-0.2, -0.15) is 0 Å². The third-order valence-electron chi connectivity index (χ3n) is 2.45. The molecule has 2 aromatic rings. The maximum atomic E-state index is 13.6. The van der Waals surface area contributed by atoms with Gasteiger partial charge < -0.3 is 10.1 Å². The Morgan fingerprint density at radius 2 is 1.89 bits per heavy atom. The second-order valence-electron chi connectivity index (χ2n) is 3.81. The number of hydrogen-bond acceptors (Lipinski definition) is 2. The molecule has 0 unspecified atom stereocenters. The van der Waals surface area contributed by atoms with Crippen molar-refractivity contribution < 1.29 is 13.5 Å². The molecule has 2 aromatic carbocycles. The zero-order valence-electron chi connectivity index (χ0n) is 9.91. The molecule has 0 heterocycles. The van der Waals surface area contributed by atoms with Crippen LogP contribution in [0.15, 0.2) is 42.5 Å². The van der Waals surface area contributed by atoms with Crippen molar-refractivity contribution in [3.8, 4) is 11.5 Å². The number of rotatable bonds is 4. The minimum Gasteiger partial charge on any atom is -0.457 e. The molecule has 0 atom stereocenters. The van der Waals surface area contributed by atoms with Crippen LogP contribution in [0.25, 0.3) is 0 Å². The second-order valence-corrected chi connectivity index (χ2v) is 3.81. The highest BCUT2D eigenvalue weighted by Crippen LogP contribution is 2.27. The lowest BCUT2D eigenvalue weighted by Gasteiger charge is -2.11. The number of halogens is 2. The highest BCUT2D eigenvalue weighted by molar-refractivity contribution is 5.38. The Kier molecular flexibility index (Phi) is 3.89. The predicted molar refractivity (Wildman–Crippen MR) is 65.6 cm³/mol. The Morgan fingerprint density at radius 1 is 1.11 bits per heavy atom. The second kappa shape index (κ2) is 5.60. The third kappa shape index (κ3) is 2.84. The van der Waals surface area contributed by atoms with Crippen molar-refractivity contribution in [2.75, 3.05) is 7.05 Å². The van der Waals surface area contributed by atoms with Gasteiger partial charge in [0.15, 0.2) is 0 Å². The molecule has 18 heavy (non-hydrogen) atoms. The number of hydrogen-bond donors (Lipinski definition) is 1. The van der Waals surface area contributed by atoms with Crippen LogP contribution in [0.4, 0.5) is 8.78 Å². The molecule has 0 aromatic heterocycles. The lowest BCUT2D eigenvalue weighted by atomic mass is 10.2. The van der Waals surface area contributed by atoms with Gasteiger partial charge >= 0.3 is 0 Å². The van der Waals surface area contributed by atoms with Gasteiger partial charge in [-0.25, -0.2) is 8.78 Å². The van der Waals surface area contributed by atoms with Crippen LogP contribution >= 0.6 is 0 Å². The molecule has 0 amide bonds. The summed E-state index contributed by atoms with van der Waals surface area (Å²) in [6, 6.07) is 10.3. The van der Waals surface area contributed by atoms with E-state index < -0.39 is 0 Å². The van der Waals surface area contributed by atoms with Crippen LogP contribution in [0.3, 0.4) is 0 Å². The minimum absolute atomic E-state index is 0.345. The molecule has 0 saturated heterocycles. The van der Waals surface area contributed by atoms with E-state index in [1.165, 1.54) is 18.2 Å². The molecule has 94 valence electrons. The quantitative estimate of drug-likeness (QED) is 0.895. The number of ether oxygens (including phenoxy) is 1.